The number of fused-ring (bicyclic) bond motifs is 4. The van der Waals surface area contributed by atoms with Gasteiger partial charge in [0.25, 0.3) is 5.91 Å². The van der Waals surface area contributed by atoms with Crippen molar-refractivity contribution in [1.29, 1.82) is 0 Å². The van der Waals surface area contributed by atoms with Crippen LogP contribution < -0.4 is 4.74 Å². The SMILES string of the molecule is COc1ccc2[nH]c3c(c2c1)CCN(C)C31CCN(C(=O)c2cc(C)[nH]n2)CC1. The number of ether oxygens (including phenoxy) is 1. The van der Waals surface area contributed by atoms with Crippen LogP contribution >= 0.6 is 0 Å². The summed E-state index contributed by atoms with van der Waals surface area (Å²) in [6.07, 6.45) is 2.85. The van der Waals surface area contributed by atoms with Gasteiger partial charge in [0.15, 0.2) is 0 Å². The molecule has 2 aliphatic rings. The molecule has 0 unspecified atom stereocenters. The van der Waals surface area contributed by atoms with Gasteiger partial charge in [-0.3, -0.25) is 14.8 Å². The van der Waals surface area contributed by atoms with E-state index in [0.717, 1.165) is 55.9 Å². The third-order valence-corrected chi connectivity index (χ3v) is 6.81. The van der Waals surface area contributed by atoms with Gasteiger partial charge >= 0.3 is 0 Å². The number of amides is 1. The molecule has 1 spiro atoms. The van der Waals surface area contributed by atoms with E-state index in [9.17, 15) is 4.79 Å². The second-order valence-corrected chi connectivity index (χ2v) is 8.32. The van der Waals surface area contributed by atoms with E-state index >= 15 is 0 Å². The van der Waals surface area contributed by atoms with Crippen LogP contribution in [0.1, 0.15) is 40.3 Å². The zero-order valence-electron chi connectivity index (χ0n) is 17.2. The number of nitrogens with zero attached hydrogens (tertiary/aromatic N) is 3. The van der Waals surface area contributed by atoms with E-state index in [1.165, 1.54) is 16.6 Å². The van der Waals surface area contributed by atoms with Crippen molar-refractivity contribution in [3.05, 3.63) is 46.9 Å². The Hall–Kier alpha value is -2.80. The Labute approximate surface area is 170 Å². The van der Waals surface area contributed by atoms with Crippen molar-refractivity contribution in [2.24, 2.45) is 0 Å². The van der Waals surface area contributed by atoms with Gasteiger partial charge in [-0.2, -0.15) is 5.10 Å². The van der Waals surface area contributed by atoms with Crippen molar-refractivity contribution in [3.63, 3.8) is 0 Å². The van der Waals surface area contributed by atoms with Crippen molar-refractivity contribution in [2.45, 2.75) is 31.7 Å². The zero-order valence-corrected chi connectivity index (χ0v) is 17.2. The van der Waals surface area contributed by atoms with Gasteiger partial charge in [-0.1, -0.05) is 0 Å². The summed E-state index contributed by atoms with van der Waals surface area (Å²) in [6, 6.07) is 8.08. The number of H-pyrrole nitrogens is 2. The fourth-order valence-corrected chi connectivity index (χ4v) is 5.10. The fraction of sp³-hybridized carbons (Fsp3) is 0.455. The first kappa shape index (κ1) is 18.2. The maximum Gasteiger partial charge on any atom is 0.274 e. The highest BCUT2D eigenvalue weighted by atomic mass is 16.5. The molecule has 0 saturated carbocycles. The Kier molecular flexibility index (Phi) is 4.17. The molecule has 0 aliphatic carbocycles. The molecule has 5 rings (SSSR count). The first-order valence-corrected chi connectivity index (χ1v) is 10.2. The average molecular weight is 393 g/mol. The van der Waals surface area contributed by atoms with Crippen LogP contribution in [-0.4, -0.2) is 64.7 Å². The molecular formula is C22H27N5O2. The Morgan fingerprint density at radius 1 is 1.21 bits per heavy atom. The van der Waals surface area contributed by atoms with E-state index in [1.54, 1.807) is 7.11 Å². The first-order chi connectivity index (χ1) is 14.0. The lowest BCUT2D eigenvalue weighted by Crippen LogP contribution is -2.55. The van der Waals surface area contributed by atoms with Crippen molar-refractivity contribution in [1.82, 2.24) is 25.0 Å². The molecule has 0 radical (unpaired) electrons. The molecular weight excluding hydrogens is 366 g/mol. The van der Waals surface area contributed by atoms with E-state index < -0.39 is 0 Å². The third kappa shape index (κ3) is 2.75. The van der Waals surface area contributed by atoms with Crippen LogP contribution in [0.15, 0.2) is 24.3 Å². The highest BCUT2D eigenvalue weighted by Crippen LogP contribution is 2.45. The molecule has 1 aromatic carbocycles. The highest BCUT2D eigenvalue weighted by Gasteiger charge is 2.45. The van der Waals surface area contributed by atoms with E-state index in [1.807, 2.05) is 24.0 Å². The topological polar surface area (TPSA) is 77.2 Å². The van der Waals surface area contributed by atoms with Crippen LogP contribution in [0.3, 0.4) is 0 Å². The van der Waals surface area contributed by atoms with Crippen LogP contribution in [0.4, 0.5) is 0 Å². The summed E-state index contributed by atoms with van der Waals surface area (Å²) in [5, 5.41) is 8.28. The lowest BCUT2D eigenvalue weighted by molar-refractivity contribution is 0.0229. The summed E-state index contributed by atoms with van der Waals surface area (Å²) < 4.78 is 5.45. The molecule has 7 heteroatoms. The summed E-state index contributed by atoms with van der Waals surface area (Å²) in [6.45, 7) is 4.39. The maximum atomic E-state index is 12.8. The lowest BCUT2D eigenvalue weighted by Gasteiger charge is -2.49. The van der Waals surface area contributed by atoms with Gasteiger partial charge in [-0.25, -0.2) is 0 Å². The van der Waals surface area contributed by atoms with Crippen molar-refractivity contribution in [3.8, 4) is 5.75 Å². The van der Waals surface area contributed by atoms with Gasteiger partial charge in [-0.05, 0) is 63.1 Å². The Morgan fingerprint density at radius 2 is 2.00 bits per heavy atom. The van der Waals surface area contributed by atoms with Crippen LogP contribution in [-0.2, 0) is 12.0 Å². The molecule has 4 heterocycles. The summed E-state index contributed by atoms with van der Waals surface area (Å²) in [7, 11) is 3.92. The summed E-state index contributed by atoms with van der Waals surface area (Å²) in [5.41, 5.74) is 5.24. The minimum atomic E-state index is -0.0574. The molecule has 2 aliphatic heterocycles. The number of carbonyl (C=O) groups excluding carboxylic acids is 1. The number of likely N-dealkylation sites (tertiary alicyclic amines) is 1. The van der Waals surface area contributed by atoms with Gasteiger partial charge in [0.05, 0.1) is 12.6 Å². The molecule has 0 bridgehead atoms. The number of piperidine rings is 1. The smallest absolute Gasteiger partial charge is 0.274 e. The Bertz CT molecular complexity index is 1070. The van der Waals surface area contributed by atoms with Gasteiger partial charge in [-0.15, -0.1) is 0 Å². The highest BCUT2D eigenvalue weighted by molar-refractivity contribution is 5.92. The largest absolute Gasteiger partial charge is 0.497 e. The number of benzene rings is 1. The minimum Gasteiger partial charge on any atom is -0.497 e. The van der Waals surface area contributed by atoms with Crippen molar-refractivity contribution < 1.29 is 9.53 Å². The number of methoxy groups -OCH3 is 1. The van der Waals surface area contributed by atoms with Crippen LogP contribution in [0.2, 0.25) is 0 Å². The Morgan fingerprint density at radius 3 is 2.69 bits per heavy atom. The number of nitrogens with one attached hydrogen (secondary N) is 2. The zero-order chi connectivity index (χ0) is 20.2. The van der Waals surface area contributed by atoms with Gasteiger partial charge in [0.1, 0.15) is 11.4 Å². The molecule has 7 nitrogen and oxygen atoms in total. The van der Waals surface area contributed by atoms with E-state index in [4.69, 9.17) is 4.74 Å². The second-order valence-electron chi connectivity index (χ2n) is 8.32. The third-order valence-electron chi connectivity index (χ3n) is 6.81. The van der Waals surface area contributed by atoms with E-state index in [0.29, 0.717) is 5.69 Å². The quantitative estimate of drug-likeness (QED) is 0.702. The molecule has 1 saturated heterocycles. The number of aromatic nitrogens is 3. The predicted octanol–water partition coefficient (Wildman–Crippen LogP) is 2.83. The van der Waals surface area contributed by atoms with E-state index in [2.05, 4.69) is 39.3 Å². The number of carbonyl (C=O) groups is 1. The molecule has 2 aromatic heterocycles. The van der Waals surface area contributed by atoms with Gasteiger partial charge in [0.2, 0.25) is 0 Å². The number of likely N-dealkylation sites (N-methyl/N-ethyl adjacent to an activating group) is 1. The number of aromatic amines is 2. The monoisotopic (exact) mass is 393 g/mol. The normalized spacial score (nSPS) is 18.9. The summed E-state index contributed by atoms with van der Waals surface area (Å²) in [5.74, 6) is 0.909. The first-order valence-electron chi connectivity index (χ1n) is 10.2. The fourth-order valence-electron chi connectivity index (χ4n) is 5.10. The van der Waals surface area contributed by atoms with Gasteiger partial charge in [0, 0.05) is 41.9 Å². The van der Waals surface area contributed by atoms with E-state index in [-0.39, 0.29) is 11.4 Å². The molecule has 2 N–H and O–H groups in total. The minimum absolute atomic E-state index is 0.0178. The maximum absolute atomic E-state index is 12.8. The molecule has 0 atom stereocenters. The number of aryl methyl sites for hydroxylation is 1. The van der Waals surface area contributed by atoms with Crippen LogP contribution in [0, 0.1) is 6.92 Å². The molecule has 152 valence electrons. The van der Waals surface area contributed by atoms with Crippen LogP contribution in [0.5, 0.6) is 5.75 Å². The van der Waals surface area contributed by atoms with Crippen molar-refractivity contribution >= 4 is 16.8 Å². The summed E-state index contributed by atoms with van der Waals surface area (Å²) in [4.78, 5) is 21.0. The van der Waals surface area contributed by atoms with Crippen molar-refractivity contribution in [2.75, 3.05) is 33.8 Å². The average Bonchev–Trinajstić information content (AvgIpc) is 3.34. The number of hydrogen-bond acceptors (Lipinski definition) is 4. The second kappa shape index (κ2) is 6.62. The lowest BCUT2D eigenvalue weighted by atomic mass is 9.78. The molecule has 1 fully saturated rings. The number of rotatable bonds is 2. The summed E-state index contributed by atoms with van der Waals surface area (Å²) >= 11 is 0. The molecule has 1 amide bonds. The Balaban J connectivity index is 1.46. The number of hydrogen-bond donors (Lipinski definition) is 2. The molecule has 29 heavy (non-hydrogen) atoms. The van der Waals surface area contributed by atoms with Crippen LogP contribution in [0.25, 0.3) is 10.9 Å². The molecule has 3 aromatic rings. The van der Waals surface area contributed by atoms with Gasteiger partial charge < -0.3 is 14.6 Å². The standard InChI is InChI=1S/C22H27N5O2/c1-14-12-19(25-24-14)21(28)27-10-7-22(8-11-27)20-16(6-9-26(22)2)17-13-15(29-3)4-5-18(17)23-20/h4-5,12-13,23H,6-11H2,1-3H3,(H,24,25). The predicted molar refractivity (Wildman–Crippen MR) is 111 cm³/mol.